The van der Waals surface area contributed by atoms with E-state index in [1.165, 1.54) is 12.1 Å². The van der Waals surface area contributed by atoms with Gasteiger partial charge in [0.15, 0.2) is 5.96 Å². The maximum atomic E-state index is 13.0. The van der Waals surface area contributed by atoms with Crippen molar-refractivity contribution in [2.45, 2.75) is 31.0 Å². The van der Waals surface area contributed by atoms with E-state index >= 15 is 0 Å². The van der Waals surface area contributed by atoms with Crippen LogP contribution in [0.3, 0.4) is 0 Å². The molecule has 1 saturated carbocycles. The molecule has 0 radical (unpaired) electrons. The Bertz CT molecular complexity index is 796. The molecule has 2 aromatic rings. The van der Waals surface area contributed by atoms with Crippen molar-refractivity contribution in [2.24, 2.45) is 12.0 Å². The fraction of sp³-hybridized carbons (Fsp3) is 0.444. The van der Waals surface area contributed by atoms with E-state index in [1.54, 1.807) is 24.0 Å². The number of nitrogens with zero attached hydrogens (tertiary/aromatic N) is 3. The number of alkyl halides is 3. The van der Waals surface area contributed by atoms with Gasteiger partial charge >= 0.3 is 6.18 Å². The number of aliphatic imine (C=N–C) groups is 1. The average molecular weight is 493 g/mol. The van der Waals surface area contributed by atoms with Crippen LogP contribution in [-0.2, 0) is 25.2 Å². The van der Waals surface area contributed by atoms with E-state index in [0.29, 0.717) is 19.0 Å². The largest absolute Gasteiger partial charge is 0.416 e. The van der Waals surface area contributed by atoms with Gasteiger partial charge < -0.3 is 10.6 Å². The normalized spacial score (nSPS) is 15.8. The van der Waals surface area contributed by atoms with Crippen LogP contribution in [-0.4, -0.2) is 29.3 Å². The van der Waals surface area contributed by atoms with Gasteiger partial charge in [-0.3, -0.25) is 9.67 Å². The van der Waals surface area contributed by atoms with E-state index in [1.807, 2.05) is 13.1 Å². The van der Waals surface area contributed by atoms with E-state index in [4.69, 9.17) is 0 Å². The summed E-state index contributed by atoms with van der Waals surface area (Å²) in [5.41, 5.74) is 0.875. The molecule has 1 heterocycles. The number of aromatic nitrogens is 2. The van der Waals surface area contributed by atoms with Gasteiger partial charge in [0.25, 0.3) is 0 Å². The van der Waals surface area contributed by atoms with E-state index in [-0.39, 0.29) is 29.4 Å². The van der Waals surface area contributed by atoms with Crippen molar-refractivity contribution in [3.8, 4) is 0 Å². The Morgan fingerprint density at radius 1 is 1.26 bits per heavy atom. The summed E-state index contributed by atoms with van der Waals surface area (Å²) in [5, 5.41) is 10.5. The molecule has 0 atom stereocenters. The molecule has 0 spiro atoms. The Kier molecular flexibility index (Phi) is 6.77. The highest BCUT2D eigenvalue weighted by atomic mass is 127. The van der Waals surface area contributed by atoms with Crippen molar-refractivity contribution in [1.29, 1.82) is 0 Å². The van der Waals surface area contributed by atoms with Crippen LogP contribution in [0.25, 0.3) is 0 Å². The summed E-state index contributed by atoms with van der Waals surface area (Å²) in [5.74, 6) is 0.615. The Balaban J connectivity index is 0.00000261. The molecule has 0 saturated heterocycles. The molecule has 3 rings (SSSR count). The summed E-state index contributed by atoms with van der Waals surface area (Å²) in [6.45, 7) is 1.10. The molecular weight excluding hydrogens is 470 g/mol. The second-order valence-electron chi connectivity index (χ2n) is 6.58. The smallest absolute Gasteiger partial charge is 0.356 e. The van der Waals surface area contributed by atoms with Gasteiger partial charge in [-0.25, -0.2) is 0 Å². The molecule has 1 aliphatic carbocycles. The van der Waals surface area contributed by atoms with Crippen LogP contribution in [0, 0.1) is 0 Å². The van der Waals surface area contributed by atoms with E-state index in [0.717, 1.165) is 30.2 Å². The maximum absolute atomic E-state index is 13.0. The number of nitrogens with one attached hydrogen (secondary N) is 2. The van der Waals surface area contributed by atoms with Gasteiger partial charge in [0.05, 0.1) is 17.8 Å². The lowest BCUT2D eigenvalue weighted by Crippen LogP contribution is -2.41. The van der Waals surface area contributed by atoms with Gasteiger partial charge in [0.1, 0.15) is 0 Å². The first-order valence-corrected chi connectivity index (χ1v) is 8.43. The lowest BCUT2D eigenvalue weighted by atomic mass is 9.94. The standard InChI is InChI=1S/C18H22F3N5.HI/c1-22-16(23-11-15-6-9-25-26(15)2)24-12-17(7-8-17)13-4-3-5-14(10-13)18(19,20)21;/h3-6,9-10H,7-8,11-12H2,1-2H3,(H2,22,23,24);1H. The predicted molar refractivity (Wildman–Crippen MR) is 109 cm³/mol. The summed E-state index contributed by atoms with van der Waals surface area (Å²) in [6.07, 6.45) is -0.875. The Morgan fingerprint density at radius 3 is 2.56 bits per heavy atom. The minimum absolute atomic E-state index is 0. The Labute approximate surface area is 173 Å². The zero-order chi connectivity index (χ0) is 18.8. The van der Waals surface area contributed by atoms with Gasteiger partial charge in [-0.15, -0.1) is 24.0 Å². The fourth-order valence-electron chi connectivity index (χ4n) is 2.97. The molecule has 2 N–H and O–H groups in total. The van der Waals surface area contributed by atoms with Crippen LogP contribution in [0.2, 0.25) is 0 Å². The second-order valence-corrected chi connectivity index (χ2v) is 6.58. The van der Waals surface area contributed by atoms with Crippen molar-refractivity contribution in [3.63, 3.8) is 0 Å². The quantitative estimate of drug-likeness (QED) is 0.381. The molecule has 0 amide bonds. The maximum Gasteiger partial charge on any atom is 0.416 e. The molecule has 1 fully saturated rings. The van der Waals surface area contributed by atoms with Crippen molar-refractivity contribution in [3.05, 3.63) is 53.3 Å². The number of aryl methyl sites for hydroxylation is 1. The summed E-state index contributed by atoms with van der Waals surface area (Å²) in [7, 11) is 3.53. The monoisotopic (exact) mass is 493 g/mol. The van der Waals surface area contributed by atoms with E-state index in [9.17, 15) is 13.2 Å². The minimum atomic E-state index is -4.32. The molecule has 1 aliphatic rings. The van der Waals surface area contributed by atoms with Crippen LogP contribution < -0.4 is 10.6 Å². The molecule has 0 bridgehead atoms. The van der Waals surface area contributed by atoms with Crippen molar-refractivity contribution < 1.29 is 13.2 Å². The first-order valence-electron chi connectivity index (χ1n) is 8.43. The summed E-state index contributed by atoms with van der Waals surface area (Å²) < 4.78 is 40.7. The van der Waals surface area contributed by atoms with Crippen LogP contribution in [0.1, 0.15) is 29.7 Å². The van der Waals surface area contributed by atoms with E-state index in [2.05, 4.69) is 20.7 Å². The topological polar surface area (TPSA) is 54.2 Å². The molecule has 1 aromatic carbocycles. The van der Waals surface area contributed by atoms with Crippen molar-refractivity contribution in [2.75, 3.05) is 13.6 Å². The third-order valence-corrected chi connectivity index (χ3v) is 4.83. The van der Waals surface area contributed by atoms with E-state index < -0.39 is 11.7 Å². The third-order valence-electron chi connectivity index (χ3n) is 4.83. The molecular formula is C18H23F3IN5. The van der Waals surface area contributed by atoms with Gasteiger partial charge in [0, 0.05) is 32.3 Å². The summed E-state index contributed by atoms with van der Waals surface area (Å²) >= 11 is 0. The fourth-order valence-corrected chi connectivity index (χ4v) is 2.97. The molecule has 0 unspecified atom stereocenters. The number of hydrogen-bond donors (Lipinski definition) is 2. The van der Waals surface area contributed by atoms with Crippen molar-refractivity contribution >= 4 is 29.9 Å². The number of hydrogen-bond acceptors (Lipinski definition) is 2. The number of benzene rings is 1. The van der Waals surface area contributed by atoms with Gasteiger partial charge in [0.2, 0.25) is 0 Å². The van der Waals surface area contributed by atoms with Gasteiger partial charge in [-0.1, -0.05) is 18.2 Å². The van der Waals surface area contributed by atoms with Crippen LogP contribution in [0.5, 0.6) is 0 Å². The second kappa shape index (κ2) is 8.49. The Hall–Kier alpha value is -1.78. The first-order chi connectivity index (χ1) is 12.3. The van der Waals surface area contributed by atoms with Crippen LogP contribution in [0.15, 0.2) is 41.5 Å². The molecule has 0 aliphatic heterocycles. The highest BCUT2D eigenvalue weighted by molar-refractivity contribution is 14.0. The molecule has 9 heteroatoms. The van der Waals surface area contributed by atoms with Gasteiger partial charge in [-0.2, -0.15) is 18.3 Å². The van der Waals surface area contributed by atoms with Crippen LogP contribution >= 0.6 is 24.0 Å². The first kappa shape index (κ1) is 21.5. The SMILES string of the molecule is CN=C(NCc1ccnn1C)NCC1(c2cccc(C(F)(F)F)c2)CC1.I. The lowest BCUT2D eigenvalue weighted by molar-refractivity contribution is -0.137. The average Bonchev–Trinajstić information content (AvgIpc) is 3.30. The lowest BCUT2D eigenvalue weighted by Gasteiger charge is -2.20. The highest BCUT2D eigenvalue weighted by Gasteiger charge is 2.45. The predicted octanol–water partition coefficient (Wildman–Crippen LogP) is 3.45. The third kappa shape index (κ3) is 5.14. The van der Waals surface area contributed by atoms with Gasteiger partial charge in [-0.05, 0) is 30.5 Å². The zero-order valence-corrected chi connectivity index (χ0v) is 17.5. The number of rotatable bonds is 5. The molecule has 27 heavy (non-hydrogen) atoms. The van der Waals surface area contributed by atoms with Crippen LogP contribution in [0.4, 0.5) is 13.2 Å². The zero-order valence-electron chi connectivity index (χ0n) is 15.2. The number of guanidine groups is 1. The summed E-state index contributed by atoms with van der Waals surface area (Å²) in [4.78, 5) is 4.18. The molecule has 1 aromatic heterocycles. The Morgan fingerprint density at radius 2 is 2.00 bits per heavy atom. The highest BCUT2D eigenvalue weighted by Crippen LogP contribution is 2.48. The number of halogens is 4. The molecule has 148 valence electrons. The van der Waals surface area contributed by atoms with Crippen molar-refractivity contribution in [1.82, 2.24) is 20.4 Å². The minimum Gasteiger partial charge on any atom is -0.356 e. The summed E-state index contributed by atoms with van der Waals surface area (Å²) in [6, 6.07) is 7.54. The molecule has 5 nitrogen and oxygen atoms in total.